The molecular weight excluding hydrogens is 276 g/mol. The molecule has 4 atom stereocenters. The van der Waals surface area contributed by atoms with E-state index >= 15 is 0 Å². The largest absolute Gasteiger partial charge is 0.394 e. The van der Waals surface area contributed by atoms with E-state index in [9.17, 15) is 13.5 Å². The Labute approximate surface area is 120 Å². The van der Waals surface area contributed by atoms with Crippen molar-refractivity contribution in [2.75, 3.05) is 6.61 Å². The molecule has 1 aliphatic carbocycles. The second kappa shape index (κ2) is 6.24. The molecule has 4 unspecified atom stereocenters. The van der Waals surface area contributed by atoms with Crippen LogP contribution >= 0.6 is 0 Å². The molecule has 1 aromatic rings. The summed E-state index contributed by atoms with van der Waals surface area (Å²) in [6.07, 6.45) is 1.12. The first-order chi connectivity index (χ1) is 9.46. The van der Waals surface area contributed by atoms with Gasteiger partial charge in [-0.15, -0.1) is 0 Å². The molecule has 2 rings (SSSR count). The van der Waals surface area contributed by atoms with Gasteiger partial charge in [0.1, 0.15) is 0 Å². The van der Waals surface area contributed by atoms with Crippen molar-refractivity contribution in [3.63, 3.8) is 0 Å². The lowest BCUT2D eigenvalue weighted by molar-refractivity contribution is 0.0279. The van der Waals surface area contributed by atoms with Crippen LogP contribution in [0.25, 0.3) is 0 Å². The fourth-order valence-electron chi connectivity index (χ4n) is 3.03. The van der Waals surface area contributed by atoms with E-state index in [0.29, 0.717) is 11.3 Å². The van der Waals surface area contributed by atoms with Crippen LogP contribution in [0.4, 0.5) is 0 Å². The Bertz CT molecular complexity index is 526. The molecule has 112 valence electrons. The van der Waals surface area contributed by atoms with Crippen molar-refractivity contribution in [2.45, 2.75) is 42.4 Å². The number of sulfone groups is 1. The van der Waals surface area contributed by atoms with Crippen LogP contribution in [0.1, 0.15) is 26.2 Å². The maximum Gasteiger partial charge on any atom is 0.181 e. The Morgan fingerprint density at radius 1 is 1.25 bits per heavy atom. The van der Waals surface area contributed by atoms with Gasteiger partial charge >= 0.3 is 0 Å². The first kappa shape index (κ1) is 15.5. The highest BCUT2D eigenvalue weighted by atomic mass is 32.2. The number of benzene rings is 1. The molecular formula is C15H22O4S. The minimum Gasteiger partial charge on any atom is -0.394 e. The zero-order chi connectivity index (χ0) is 14.8. The van der Waals surface area contributed by atoms with E-state index < -0.39 is 21.2 Å². The third-order valence-electron chi connectivity index (χ3n) is 4.36. The Balaban J connectivity index is 2.25. The lowest BCUT2D eigenvalue weighted by atomic mass is 9.80. The van der Waals surface area contributed by atoms with Gasteiger partial charge < -0.3 is 10.2 Å². The predicted molar refractivity (Wildman–Crippen MR) is 77.0 cm³/mol. The second-order valence-corrected chi connectivity index (χ2v) is 7.86. The Morgan fingerprint density at radius 3 is 2.50 bits per heavy atom. The Kier molecular flexibility index (Phi) is 4.83. The van der Waals surface area contributed by atoms with E-state index in [-0.39, 0.29) is 18.4 Å². The van der Waals surface area contributed by atoms with Crippen LogP contribution < -0.4 is 0 Å². The van der Waals surface area contributed by atoms with E-state index in [0.717, 1.165) is 12.8 Å². The number of hydrogen-bond acceptors (Lipinski definition) is 4. The minimum atomic E-state index is -3.38. The molecule has 0 aliphatic heterocycles. The maximum atomic E-state index is 12.7. The fraction of sp³-hybridized carbons (Fsp3) is 0.600. The quantitative estimate of drug-likeness (QED) is 0.886. The molecule has 1 aromatic carbocycles. The molecule has 0 amide bonds. The summed E-state index contributed by atoms with van der Waals surface area (Å²) in [6, 6.07) is 8.48. The summed E-state index contributed by atoms with van der Waals surface area (Å²) in [5.41, 5.74) is 0. The van der Waals surface area contributed by atoms with Crippen molar-refractivity contribution < 1.29 is 18.6 Å². The van der Waals surface area contributed by atoms with Gasteiger partial charge in [0.2, 0.25) is 0 Å². The molecule has 5 heteroatoms. The summed E-state index contributed by atoms with van der Waals surface area (Å²) in [6.45, 7) is 1.64. The number of aliphatic hydroxyl groups excluding tert-OH is 2. The van der Waals surface area contributed by atoms with Crippen molar-refractivity contribution in [2.24, 2.45) is 11.8 Å². The lowest BCUT2D eigenvalue weighted by Crippen LogP contribution is -2.39. The predicted octanol–water partition coefficient (Wildman–Crippen LogP) is 1.62. The summed E-state index contributed by atoms with van der Waals surface area (Å²) < 4.78 is 25.4. The highest BCUT2D eigenvalue weighted by molar-refractivity contribution is 7.92. The van der Waals surface area contributed by atoms with Gasteiger partial charge in [-0.1, -0.05) is 25.1 Å². The topological polar surface area (TPSA) is 74.6 Å². The van der Waals surface area contributed by atoms with Gasteiger partial charge in [-0.2, -0.15) is 0 Å². The van der Waals surface area contributed by atoms with E-state index in [1.807, 2.05) is 6.92 Å². The van der Waals surface area contributed by atoms with Crippen molar-refractivity contribution in [1.82, 2.24) is 0 Å². The first-order valence-electron chi connectivity index (χ1n) is 7.04. The lowest BCUT2D eigenvalue weighted by Gasteiger charge is -2.35. The van der Waals surface area contributed by atoms with Crippen LogP contribution in [0.5, 0.6) is 0 Å². The molecule has 0 radical (unpaired) electrons. The van der Waals surface area contributed by atoms with Crippen molar-refractivity contribution in [3.05, 3.63) is 30.3 Å². The monoisotopic (exact) mass is 298 g/mol. The standard InChI is InChI=1S/C15H22O4S/c1-11-7-8-12(14(17)10-16)9-15(11)20(18,19)13-5-3-2-4-6-13/h2-6,11-12,14-17H,7-10H2,1H3. The zero-order valence-electron chi connectivity index (χ0n) is 11.6. The van der Waals surface area contributed by atoms with E-state index in [2.05, 4.69) is 0 Å². The molecule has 20 heavy (non-hydrogen) atoms. The van der Waals surface area contributed by atoms with Crippen LogP contribution in [-0.2, 0) is 9.84 Å². The van der Waals surface area contributed by atoms with Gasteiger partial charge in [0, 0.05) is 0 Å². The van der Waals surface area contributed by atoms with Crippen molar-refractivity contribution in [1.29, 1.82) is 0 Å². The molecule has 1 aliphatic rings. The summed E-state index contributed by atoms with van der Waals surface area (Å²) in [7, 11) is -3.38. The van der Waals surface area contributed by atoms with Crippen LogP contribution in [0.2, 0.25) is 0 Å². The second-order valence-electron chi connectivity index (χ2n) is 5.70. The summed E-state index contributed by atoms with van der Waals surface area (Å²) in [4.78, 5) is 0.344. The highest BCUT2D eigenvalue weighted by Crippen LogP contribution is 2.37. The molecule has 0 spiro atoms. The van der Waals surface area contributed by atoms with Gasteiger partial charge in [-0.05, 0) is 43.2 Å². The number of aliphatic hydroxyl groups is 2. The van der Waals surface area contributed by atoms with Crippen molar-refractivity contribution in [3.8, 4) is 0 Å². The zero-order valence-corrected chi connectivity index (χ0v) is 12.5. The fourth-order valence-corrected chi connectivity index (χ4v) is 5.16. The minimum absolute atomic E-state index is 0.0716. The Morgan fingerprint density at radius 2 is 1.90 bits per heavy atom. The average molecular weight is 298 g/mol. The summed E-state index contributed by atoms with van der Waals surface area (Å²) >= 11 is 0. The van der Waals surface area contributed by atoms with Crippen LogP contribution in [-0.4, -0.2) is 36.6 Å². The molecule has 4 nitrogen and oxygen atoms in total. The molecule has 0 bridgehead atoms. The average Bonchev–Trinajstić information content (AvgIpc) is 2.47. The van der Waals surface area contributed by atoms with E-state index in [1.54, 1.807) is 30.3 Å². The third-order valence-corrected chi connectivity index (χ3v) is 6.75. The van der Waals surface area contributed by atoms with Crippen LogP contribution in [0, 0.1) is 11.8 Å². The maximum absolute atomic E-state index is 12.7. The van der Waals surface area contributed by atoms with Gasteiger partial charge in [-0.25, -0.2) is 8.42 Å². The first-order valence-corrected chi connectivity index (χ1v) is 8.59. The summed E-state index contributed by atoms with van der Waals surface area (Å²) in [5, 5.41) is 18.4. The van der Waals surface area contributed by atoms with E-state index in [1.165, 1.54) is 0 Å². The van der Waals surface area contributed by atoms with Gasteiger partial charge in [0.05, 0.1) is 22.9 Å². The molecule has 1 fully saturated rings. The molecule has 0 aromatic heterocycles. The molecule has 0 saturated heterocycles. The third kappa shape index (κ3) is 3.05. The van der Waals surface area contributed by atoms with E-state index in [4.69, 9.17) is 5.11 Å². The molecule has 0 heterocycles. The summed E-state index contributed by atoms with van der Waals surface area (Å²) in [5.74, 6) is -0.0676. The van der Waals surface area contributed by atoms with Crippen LogP contribution in [0.3, 0.4) is 0 Å². The van der Waals surface area contributed by atoms with Crippen molar-refractivity contribution >= 4 is 9.84 Å². The van der Waals surface area contributed by atoms with Gasteiger partial charge in [0.25, 0.3) is 0 Å². The SMILES string of the molecule is CC1CCC(C(O)CO)CC1S(=O)(=O)c1ccccc1. The van der Waals surface area contributed by atoms with Gasteiger partial charge in [0.15, 0.2) is 9.84 Å². The van der Waals surface area contributed by atoms with Gasteiger partial charge in [-0.3, -0.25) is 0 Å². The smallest absolute Gasteiger partial charge is 0.181 e. The molecule has 2 N–H and O–H groups in total. The number of hydrogen-bond donors (Lipinski definition) is 2. The highest BCUT2D eigenvalue weighted by Gasteiger charge is 2.39. The normalized spacial score (nSPS) is 29.1. The Hall–Kier alpha value is -0.910. The number of rotatable bonds is 4. The van der Waals surface area contributed by atoms with Crippen LogP contribution in [0.15, 0.2) is 35.2 Å². The molecule has 1 saturated carbocycles.